The van der Waals surface area contributed by atoms with Crippen molar-refractivity contribution in [1.29, 1.82) is 0 Å². The van der Waals surface area contributed by atoms with Crippen molar-refractivity contribution in [3.05, 3.63) is 17.5 Å². The Morgan fingerprint density at radius 3 is 2.39 bits per heavy atom. The lowest BCUT2D eigenvalue weighted by Gasteiger charge is -2.39. The Hall–Kier alpha value is -1.54. The number of aryl methyl sites for hydroxylation is 1. The zero-order valence-corrected chi connectivity index (χ0v) is 18.9. The Kier molecular flexibility index (Phi) is 5.34. The van der Waals surface area contributed by atoms with Crippen molar-refractivity contribution in [2.45, 2.75) is 71.2 Å². The van der Waals surface area contributed by atoms with E-state index >= 15 is 0 Å². The standard InChI is InChI=1S/C20H32N4O3S/c1-18(2,3)27-17(25)24-10-8-20(9-11-24)12-15-14(13-21-23(15)7)16(20)22-28(26)19(4,5)6/h13H,8-12H2,1-7H3. The second kappa shape index (κ2) is 7.06. The smallest absolute Gasteiger partial charge is 0.410 e. The summed E-state index contributed by atoms with van der Waals surface area (Å²) in [5.74, 6) is 0. The molecule has 1 saturated heterocycles. The number of nitrogens with zero attached hydrogens (tertiary/aromatic N) is 4. The molecule has 1 fully saturated rings. The highest BCUT2D eigenvalue weighted by Crippen LogP contribution is 2.46. The predicted octanol–water partition coefficient (Wildman–Crippen LogP) is 3.24. The van der Waals surface area contributed by atoms with E-state index in [-0.39, 0.29) is 11.5 Å². The summed E-state index contributed by atoms with van der Waals surface area (Å²) in [5.41, 5.74) is 2.34. The summed E-state index contributed by atoms with van der Waals surface area (Å²) in [6.07, 6.45) is 3.95. The van der Waals surface area contributed by atoms with Crippen molar-refractivity contribution in [2.24, 2.45) is 16.9 Å². The molecule has 1 amide bonds. The Balaban J connectivity index is 1.85. The summed E-state index contributed by atoms with van der Waals surface area (Å²) in [6.45, 7) is 12.7. The molecule has 0 saturated carbocycles. The fourth-order valence-electron chi connectivity index (χ4n) is 3.78. The average Bonchev–Trinajstić information content (AvgIpc) is 3.04. The molecule has 2 heterocycles. The van der Waals surface area contributed by atoms with Crippen molar-refractivity contribution >= 4 is 23.2 Å². The second-order valence-electron chi connectivity index (χ2n) is 9.85. The quantitative estimate of drug-likeness (QED) is 0.668. The number of hydrogen-bond donors (Lipinski definition) is 0. The number of carbonyl (C=O) groups excluding carboxylic acids is 1. The van der Waals surface area contributed by atoms with Gasteiger partial charge in [-0.25, -0.2) is 4.79 Å². The van der Waals surface area contributed by atoms with Gasteiger partial charge in [0, 0.05) is 43.2 Å². The van der Waals surface area contributed by atoms with Crippen LogP contribution in [0.4, 0.5) is 4.79 Å². The number of amides is 1. The number of aromatic nitrogens is 2. The average molecular weight is 409 g/mol. The fraction of sp³-hybridized carbons (Fsp3) is 0.750. The molecule has 1 unspecified atom stereocenters. The van der Waals surface area contributed by atoms with Gasteiger partial charge < -0.3 is 14.2 Å². The van der Waals surface area contributed by atoms with Crippen molar-refractivity contribution in [3.8, 4) is 0 Å². The molecule has 1 atom stereocenters. The molecule has 1 spiro atoms. The molecule has 156 valence electrons. The lowest BCUT2D eigenvalue weighted by molar-refractivity contribution is 0.0158. The van der Waals surface area contributed by atoms with Gasteiger partial charge in [-0.2, -0.15) is 5.10 Å². The van der Waals surface area contributed by atoms with Crippen molar-refractivity contribution in [2.75, 3.05) is 13.1 Å². The first-order valence-corrected chi connectivity index (χ1v) is 10.9. The third-order valence-electron chi connectivity index (χ3n) is 5.40. The van der Waals surface area contributed by atoms with Crippen LogP contribution >= 0.6 is 0 Å². The Labute approximate surface area is 170 Å². The fourth-order valence-corrected chi connectivity index (χ4v) is 4.52. The maximum absolute atomic E-state index is 12.8. The normalized spacial score (nSPS) is 21.9. The third kappa shape index (κ3) is 4.08. The SMILES string of the molecule is Cn1ncc2c1CC1(CCN(C(=O)OC(C)(C)C)CC1)C2=N[S+]([O-])C(C)(C)C. The lowest BCUT2D eigenvalue weighted by Crippen LogP contribution is -2.47. The summed E-state index contributed by atoms with van der Waals surface area (Å²) < 4.78 is 24.5. The van der Waals surface area contributed by atoms with Gasteiger partial charge in [-0.15, -0.1) is 0 Å². The van der Waals surface area contributed by atoms with Gasteiger partial charge in [-0.3, -0.25) is 4.68 Å². The van der Waals surface area contributed by atoms with Gasteiger partial charge in [0.1, 0.15) is 27.4 Å². The van der Waals surface area contributed by atoms with Crippen LogP contribution in [0.15, 0.2) is 10.6 Å². The second-order valence-corrected chi connectivity index (χ2v) is 11.8. The number of rotatable bonds is 1. The molecule has 2 aliphatic rings. The molecule has 8 heteroatoms. The third-order valence-corrected chi connectivity index (χ3v) is 6.79. The summed E-state index contributed by atoms with van der Waals surface area (Å²) in [5, 5.41) is 4.37. The Bertz CT molecular complexity index is 780. The van der Waals surface area contributed by atoms with E-state index < -0.39 is 21.7 Å². The highest BCUT2D eigenvalue weighted by atomic mass is 32.2. The highest BCUT2D eigenvalue weighted by Gasteiger charge is 2.49. The van der Waals surface area contributed by atoms with Crippen LogP contribution in [-0.4, -0.2) is 54.5 Å². The topological polar surface area (TPSA) is 82.8 Å². The van der Waals surface area contributed by atoms with E-state index in [0.717, 1.165) is 36.2 Å². The van der Waals surface area contributed by atoms with Gasteiger partial charge in [0.25, 0.3) is 0 Å². The minimum atomic E-state index is -1.34. The summed E-state index contributed by atoms with van der Waals surface area (Å²) in [4.78, 5) is 14.2. The van der Waals surface area contributed by atoms with Crippen molar-refractivity contribution in [1.82, 2.24) is 14.7 Å². The Morgan fingerprint density at radius 1 is 1.25 bits per heavy atom. The zero-order valence-electron chi connectivity index (χ0n) is 18.0. The molecule has 1 aliphatic carbocycles. The summed E-state index contributed by atoms with van der Waals surface area (Å²) in [6, 6.07) is 0. The van der Waals surface area contributed by atoms with E-state index in [4.69, 9.17) is 9.13 Å². The van der Waals surface area contributed by atoms with E-state index in [2.05, 4.69) is 5.10 Å². The lowest BCUT2D eigenvalue weighted by atomic mass is 9.75. The molecule has 7 nitrogen and oxygen atoms in total. The molecule has 1 aliphatic heterocycles. The van der Waals surface area contributed by atoms with Crippen LogP contribution in [0.3, 0.4) is 0 Å². The van der Waals surface area contributed by atoms with Crippen LogP contribution in [0.25, 0.3) is 0 Å². The Morgan fingerprint density at radius 2 is 1.86 bits per heavy atom. The molecular weight excluding hydrogens is 376 g/mol. The zero-order chi connectivity index (χ0) is 20.9. The van der Waals surface area contributed by atoms with E-state index in [0.29, 0.717) is 13.1 Å². The van der Waals surface area contributed by atoms with Gasteiger partial charge >= 0.3 is 6.09 Å². The van der Waals surface area contributed by atoms with Crippen LogP contribution in [0.5, 0.6) is 0 Å². The number of hydrogen-bond acceptors (Lipinski definition) is 5. The van der Waals surface area contributed by atoms with Gasteiger partial charge in [-0.05, 0) is 54.4 Å². The molecule has 0 N–H and O–H groups in total. The summed E-state index contributed by atoms with van der Waals surface area (Å²) in [7, 11) is 1.94. The number of ether oxygens (including phenoxy) is 1. The van der Waals surface area contributed by atoms with Crippen LogP contribution in [0.1, 0.15) is 65.6 Å². The van der Waals surface area contributed by atoms with Crippen LogP contribution in [0, 0.1) is 5.41 Å². The molecule has 0 aromatic carbocycles. The maximum Gasteiger partial charge on any atom is 0.410 e. The number of piperidine rings is 1. The van der Waals surface area contributed by atoms with E-state index in [1.165, 1.54) is 0 Å². The minimum absolute atomic E-state index is 0.190. The molecule has 28 heavy (non-hydrogen) atoms. The van der Waals surface area contributed by atoms with E-state index in [9.17, 15) is 9.35 Å². The van der Waals surface area contributed by atoms with Gasteiger partial charge in [0.2, 0.25) is 0 Å². The molecule has 0 radical (unpaired) electrons. The molecular formula is C20H32N4O3S. The molecule has 1 aromatic heterocycles. The van der Waals surface area contributed by atoms with Crippen molar-refractivity contribution in [3.63, 3.8) is 0 Å². The number of fused-ring (bicyclic) bond motifs is 1. The van der Waals surface area contributed by atoms with E-state index in [1.807, 2.05) is 59.5 Å². The summed E-state index contributed by atoms with van der Waals surface area (Å²) >= 11 is -1.34. The monoisotopic (exact) mass is 408 g/mol. The highest BCUT2D eigenvalue weighted by molar-refractivity contribution is 7.91. The molecule has 3 rings (SSSR count). The number of likely N-dealkylation sites (tertiary alicyclic amines) is 1. The largest absolute Gasteiger partial charge is 0.591 e. The first-order chi connectivity index (χ1) is 12.8. The first-order valence-electron chi connectivity index (χ1n) is 9.83. The van der Waals surface area contributed by atoms with Gasteiger partial charge in [0.15, 0.2) is 0 Å². The van der Waals surface area contributed by atoms with Crippen LogP contribution < -0.4 is 0 Å². The van der Waals surface area contributed by atoms with Gasteiger partial charge in [-0.1, -0.05) is 4.40 Å². The first kappa shape index (κ1) is 21.2. The van der Waals surface area contributed by atoms with Crippen LogP contribution in [-0.2, 0) is 29.6 Å². The van der Waals surface area contributed by atoms with Gasteiger partial charge in [0.05, 0.1) is 6.20 Å². The number of carbonyl (C=O) groups is 1. The minimum Gasteiger partial charge on any atom is -0.591 e. The maximum atomic E-state index is 12.8. The van der Waals surface area contributed by atoms with E-state index in [1.54, 1.807) is 4.90 Å². The van der Waals surface area contributed by atoms with Crippen molar-refractivity contribution < 1.29 is 14.1 Å². The molecule has 0 bridgehead atoms. The van der Waals surface area contributed by atoms with Crippen LogP contribution in [0.2, 0.25) is 0 Å². The molecule has 1 aromatic rings. The predicted molar refractivity (Wildman–Crippen MR) is 111 cm³/mol.